The summed E-state index contributed by atoms with van der Waals surface area (Å²) in [5.74, 6) is 0.701. The molecule has 0 saturated heterocycles. The Labute approximate surface area is 139 Å². The molecule has 0 saturated carbocycles. The number of nitrogens with one attached hydrogen (secondary N) is 1. The molecular weight excluding hydrogens is 350 g/mol. The summed E-state index contributed by atoms with van der Waals surface area (Å²) in [7, 11) is 0. The van der Waals surface area contributed by atoms with E-state index in [4.69, 9.17) is 16.3 Å². The van der Waals surface area contributed by atoms with E-state index in [9.17, 15) is 0 Å². The third-order valence-corrected chi connectivity index (χ3v) is 4.02. The van der Waals surface area contributed by atoms with Crippen molar-refractivity contribution in [2.24, 2.45) is 0 Å². The Morgan fingerprint density at radius 3 is 2.67 bits per heavy atom. The number of benzene rings is 2. The van der Waals surface area contributed by atoms with Crippen molar-refractivity contribution >= 4 is 27.5 Å². The minimum atomic E-state index is 0.526. The molecule has 2 rings (SSSR count). The summed E-state index contributed by atoms with van der Waals surface area (Å²) >= 11 is 9.58. The normalized spacial score (nSPS) is 10.6. The number of rotatable bonds is 7. The van der Waals surface area contributed by atoms with Gasteiger partial charge in [-0.15, -0.1) is 0 Å². The molecule has 0 amide bonds. The smallest absolute Gasteiger partial charge is 0.139 e. The molecule has 0 aliphatic carbocycles. The molecule has 2 aromatic rings. The molecule has 0 aliphatic heterocycles. The van der Waals surface area contributed by atoms with E-state index in [-0.39, 0.29) is 0 Å². The summed E-state index contributed by atoms with van der Waals surface area (Å²) in [6.07, 6.45) is 1.000. The molecule has 0 heterocycles. The Bertz CT molecular complexity index is 589. The van der Waals surface area contributed by atoms with Crippen LogP contribution in [0.2, 0.25) is 5.02 Å². The van der Waals surface area contributed by atoms with Crippen molar-refractivity contribution in [1.82, 2.24) is 5.32 Å². The largest absolute Gasteiger partial charge is 0.487 e. The highest BCUT2D eigenvalue weighted by atomic mass is 79.9. The van der Waals surface area contributed by atoms with Crippen LogP contribution in [0.15, 0.2) is 46.9 Å². The first-order chi connectivity index (χ1) is 10.2. The highest BCUT2D eigenvalue weighted by Crippen LogP contribution is 2.28. The summed E-state index contributed by atoms with van der Waals surface area (Å²) in [4.78, 5) is 0. The van der Waals surface area contributed by atoms with Gasteiger partial charge in [0.2, 0.25) is 0 Å². The summed E-state index contributed by atoms with van der Waals surface area (Å²) < 4.78 is 6.83. The van der Waals surface area contributed by atoms with Gasteiger partial charge in [0.15, 0.2) is 0 Å². The van der Waals surface area contributed by atoms with E-state index in [1.165, 1.54) is 11.1 Å². The maximum atomic E-state index is 6.15. The minimum absolute atomic E-state index is 0.526. The zero-order valence-electron chi connectivity index (χ0n) is 12.0. The first-order valence-electron chi connectivity index (χ1n) is 7.06. The van der Waals surface area contributed by atoms with Crippen LogP contribution in [0.25, 0.3) is 0 Å². The zero-order chi connectivity index (χ0) is 15.1. The van der Waals surface area contributed by atoms with Crippen molar-refractivity contribution in [1.29, 1.82) is 0 Å². The minimum Gasteiger partial charge on any atom is -0.487 e. The molecule has 2 nitrogen and oxygen atoms in total. The predicted octanol–water partition coefficient (Wildman–Crippen LogP) is 4.83. The van der Waals surface area contributed by atoms with Gasteiger partial charge in [-0.1, -0.05) is 58.7 Å². The lowest BCUT2D eigenvalue weighted by Crippen LogP contribution is -2.17. The molecule has 0 fully saturated rings. The van der Waals surface area contributed by atoms with E-state index >= 15 is 0 Å². The van der Waals surface area contributed by atoms with E-state index < -0.39 is 0 Å². The first kappa shape index (κ1) is 16.3. The van der Waals surface area contributed by atoms with Gasteiger partial charge in [-0.25, -0.2) is 0 Å². The Hall–Kier alpha value is -1.03. The van der Waals surface area contributed by atoms with Crippen LogP contribution >= 0.6 is 27.5 Å². The lowest BCUT2D eigenvalue weighted by Gasteiger charge is -2.12. The molecular formula is C17H19BrClNO. The molecule has 0 radical (unpaired) electrons. The second kappa shape index (κ2) is 8.42. The monoisotopic (exact) mass is 367 g/mol. The molecule has 0 atom stereocenters. The molecule has 112 valence electrons. The van der Waals surface area contributed by atoms with Gasteiger partial charge in [0, 0.05) is 4.47 Å². The Balaban J connectivity index is 2.04. The van der Waals surface area contributed by atoms with Gasteiger partial charge in [-0.2, -0.15) is 0 Å². The van der Waals surface area contributed by atoms with Crippen LogP contribution in [0.4, 0.5) is 0 Å². The van der Waals surface area contributed by atoms with Crippen LogP contribution in [-0.2, 0) is 13.0 Å². The first-order valence-corrected chi connectivity index (χ1v) is 8.23. The summed E-state index contributed by atoms with van der Waals surface area (Å²) in [6, 6.07) is 14.0. The second-order valence-corrected chi connectivity index (χ2v) is 6.06. The number of halogens is 2. The number of likely N-dealkylation sites (N-methyl/N-ethyl adjacent to an activating group) is 1. The second-order valence-electron chi connectivity index (χ2n) is 4.74. The quantitative estimate of drug-likeness (QED) is 0.707. The standard InChI is InChI=1S/C17H19BrClNO/c1-2-20-10-9-13-5-3-4-6-14(13)12-21-17-11-15(18)7-8-16(17)19/h3-8,11,20H,2,9-10,12H2,1H3. The molecule has 0 bridgehead atoms. The van der Waals surface area contributed by atoms with Crippen molar-refractivity contribution in [3.8, 4) is 5.75 Å². The molecule has 4 heteroatoms. The lowest BCUT2D eigenvalue weighted by atomic mass is 10.1. The number of hydrogen-bond acceptors (Lipinski definition) is 2. The SMILES string of the molecule is CCNCCc1ccccc1COc1cc(Br)ccc1Cl. The summed E-state index contributed by atoms with van der Waals surface area (Å²) in [5, 5.41) is 3.97. The average Bonchev–Trinajstić information content (AvgIpc) is 2.49. The maximum Gasteiger partial charge on any atom is 0.139 e. The van der Waals surface area contributed by atoms with Crippen LogP contribution < -0.4 is 10.1 Å². The molecule has 1 N–H and O–H groups in total. The summed E-state index contributed by atoms with van der Waals surface area (Å²) in [5.41, 5.74) is 2.51. The highest BCUT2D eigenvalue weighted by molar-refractivity contribution is 9.10. The Kier molecular flexibility index (Phi) is 6.55. The van der Waals surface area contributed by atoms with Gasteiger partial charge >= 0.3 is 0 Å². The Morgan fingerprint density at radius 1 is 1.14 bits per heavy atom. The van der Waals surface area contributed by atoms with Gasteiger partial charge in [0.25, 0.3) is 0 Å². The number of hydrogen-bond donors (Lipinski definition) is 1. The van der Waals surface area contributed by atoms with Crippen molar-refractivity contribution in [2.45, 2.75) is 20.0 Å². The van der Waals surface area contributed by atoms with E-state index in [1.807, 2.05) is 24.3 Å². The van der Waals surface area contributed by atoms with Gasteiger partial charge in [-0.3, -0.25) is 0 Å². The van der Waals surface area contributed by atoms with Crippen molar-refractivity contribution in [2.75, 3.05) is 13.1 Å². The van der Waals surface area contributed by atoms with Crippen molar-refractivity contribution < 1.29 is 4.74 Å². The van der Waals surface area contributed by atoms with Crippen molar-refractivity contribution in [3.05, 3.63) is 63.1 Å². The fourth-order valence-corrected chi connectivity index (χ4v) is 2.60. The maximum absolute atomic E-state index is 6.15. The third kappa shape index (κ3) is 5.03. The lowest BCUT2D eigenvalue weighted by molar-refractivity contribution is 0.305. The van der Waals surface area contributed by atoms with E-state index in [1.54, 1.807) is 0 Å². The fraction of sp³-hybridized carbons (Fsp3) is 0.294. The number of ether oxygens (including phenoxy) is 1. The molecule has 2 aromatic carbocycles. The molecule has 0 spiro atoms. The van der Waals surface area contributed by atoms with Crippen LogP contribution in [0.1, 0.15) is 18.1 Å². The fourth-order valence-electron chi connectivity index (χ4n) is 2.09. The average molecular weight is 369 g/mol. The van der Waals surface area contributed by atoms with E-state index in [0.29, 0.717) is 17.4 Å². The van der Waals surface area contributed by atoms with Gasteiger partial charge < -0.3 is 10.1 Å². The van der Waals surface area contributed by atoms with Crippen molar-refractivity contribution in [3.63, 3.8) is 0 Å². The topological polar surface area (TPSA) is 21.3 Å². The predicted molar refractivity (Wildman–Crippen MR) is 92.2 cm³/mol. The molecule has 0 aromatic heterocycles. The molecule has 0 aliphatic rings. The third-order valence-electron chi connectivity index (χ3n) is 3.22. The molecule has 0 unspecified atom stereocenters. The van der Waals surface area contributed by atoms with Gasteiger partial charge in [0.1, 0.15) is 12.4 Å². The van der Waals surface area contributed by atoms with E-state index in [0.717, 1.165) is 24.0 Å². The molecule has 21 heavy (non-hydrogen) atoms. The van der Waals surface area contributed by atoms with Crippen LogP contribution in [0.3, 0.4) is 0 Å². The van der Waals surface area contributed by atoms with E-state index in [2.05, 4.69) is 46.4 Å². The zero-order valence-corrected chi connectivity index (χ0v) is 14.4. The van der Waals surface area contributed by atoms with Gasteiger partial charge in [0.05, 0.1) is 5.02 Å². The van der Waals surface area contributed by atoms with Gasteiger partial charge in [-0.05, 0) is 48.8 Å². The van der Waals surface area contributed by atoms with Crippen LogP contribution in [-0.4, -0.2) is 13.1 Å². The summed E-state index contributed by atoms with van der Waals surface area (Å²) in [6.45, 7) is 4.61. The Morgan fingerprint density at radius 2 is 1.90 bits per heavy atom. The van der Waals surface area contributed by atoms with Crippen LogP contribution in [0, 0.1) is 0 Å². The van der Waals surface area contributed by atoms with Crippen LogP contribution in [0.5, 0.6) is 5.75 Å². The highest BCUT2D eigenvalue weighted by Gasteiger charge is 2.06.